The van der Waals surface area contributed by atoms with Crippen molar-refractivity contribution in [3.8, 4) is 5.75 Å². The molecule has 2 rings (SSSR count). The molecule has 0 unspecified atom stereocenters. The molecule has 0 radical (unpaired) electrons. The molecule has 6 heteroatoms. The SMILES string of the molecule is CCN(C(=O)N(CC(=O)O)CC1CC1)c1cccc(O)c1. The van der Waals surface area contributed by atoms with Crippen molar-refractivity contribution >= 4 is 17.7 Å². The lowest BCUT2D eigenvalue weighted by Crippen LogP contribution is -2.46. The second-order valence-corrected chi connectivity index (χ2v) is 5.26. The van der Waals surface area contributed by atoms with Crippen molar-refractivity contribution in [3.63, 3.8) is 0 Å². The number of carboxylic acids is 1. The van der Waals surface area contributed by atoms with E-state index in [1.807, 2.05) is 6.92 Å². The number of hydrogen-bond donors (Lipinski definition) is 2. The van der Waals surface area contributed by atoms with Crippen molar-refractivity contribution < 1.29 is 19.8 Å². The monoisotopic (exact) mass is 292 g/mol. The number of amides is 2. The molecular formula is C15H20N2O4. The van der Waals surface area contributed by atoms with E-state index >= 15 is 0 Å². The summed E-state index contributed by atoms with van der Waals surface area (Å²) in [6.45, 7) is 2.40. The Bertz CT molecular complexity index is 528. The predicted molar refractivity (Wildman–Crippen MR) is 78.5 cm³/mol. The second-order valence-electron chi connectivity index (χ2n) is 5.26. The van der Waals surface area contributed by atoms with Crippen LogP contribution in [0.2, 0.25) is 0 Å². The van der Waals surface area contributed by atoms with Gasteiger partial charge < -0.3 is 15.1 Å². The quantitative estimate of drug-likeness (QED) is 0.841. The molecule has 2 N–H and O–H groups in total. The standard InChI is InChI=1S/C15H20N2O4/c1-2-17(12-4-3-5-13(18)8-12)15(21)16(10-14(19)20)9-11-6-7-11/h3-5,8,11,18H,2,6-7,9-10H2,1H3,(H,19,20). The molecule has 1 aliphatic carbocycles. The van der Waals surface area contributed by atoms with Gasteiger partial charge in [-0.05, 0) is 37.8 Å². The van der Waals surface area contributed by atoms with E-state index in [9.17, 15) is 14.7 Å². The fraction of sp³-hybridized carbons (Fsp3) is 0.467. The van der Waals surface area contributed by atoms with Crippen LogP contribution in [0, 0.1) is 5.92 Å². The fourth-order valence-corrected chi connectivity index (χ4v) is 2.25. The zero-order valence-corrected chi connectivity index (χ0v) is 12.0. The van der Waals surface area contributed by atoms with Crippen LogP contribution in [0.3, 0.4) is 0 Å². The van der Waals surface area contributed by atoms with Gasteiger partial charge in [0.2, 0.25) is 0 Å². The third-order valence-electron chi connectivity index (χ3n) is 3.46. The number of phenols is 1. The van der Waals surface area contributed by atoms with Gasteiger partial charge in [-0.1, -0.05) is 6.07 Å². The zero-order chi connectivity index (χ0) is 15.4. The number of nitrogens with zero attached hydrogens (tertiary/aromatic N) is 2. The number of benzene rings is 1. The summed E-state index contributed by atoms with van der Waals surface area (Å²) in [6, 6.07) is 6.07. The van der Waals surface area contributed by atoms with Gasteiger partial charge in [0.1, 0.15) is 12.3 Å². The Morgan fingerprint density at radius 2 is 2.05 bits per heavy atom. The molecule has 0 heterocycles. The van der Waals surface area contributed by atoms with Crippen LogP contribution in [-0.4, -0.2) is 46.7 Å². The summed E-state index contributed by atoms with van der Waals surface area (Å²) in [5.41, 5.74) is 0.564. The lowest BCUT2D eigenvalue weighted by atomic mass is 10.2. The summed E-state index contributed by atoms with van der Waals surface area (Å²) in [7, 11) is 0. The summed E-state index contributed by atoms with van der Waals surface area (Å²) in [4.78, 5) is 26.4. The number of carboxylic acid groups (broad SMARTS) is 1. The van der Waals surface area contributed by atoms with Crippen LogP contribution in [0.4, 0.5) is 10.5 Å². The lowest BCUT2D eigenvalue weighted by molar-refractivity contribution is -0.137. The maximum atomic E-state index is 12.6. The highest BCUT2D eigenvalue weighted by atomic mass is 16.4. The van der Waals surface area contributed by atoms with Crippen LogP contribution in [0.5, 0.6) is 5.75 Å². The van der Waals surface area contributed by atoms with Gasteiger partial charge in [0.15, 0.2) is 0 Å². The minimum absolute atomic E-state index is 0.0747. The summed E-state index contributed by atoms with van der Waals surface area (Å²) in [5, 5.41) is 18.5. The molecule has 0 aliphatic heterocycles. The molecule has 0 saturated heterocycles. The van der Waals surface area contributed by atoms with Crippen molar-refractivity contribution in [2.45, 2.75) is 19.8 Å². The Kier molecular flexibility index (Phi) is 4.67. The maximum Gasteiger partial charge on any atom is 0.325 e. The molecular weight excluding hydrogens is 272 g/mol. The van der Waals surface area contributed by atoms with E-state index < -0.39 is 5.97 Å². The van der Waals surface area contributed by atoms with Crippen LogP contribution < -0.4 is 4.90 Å². The van der Waals surface area contributed by atoms with Crippen LogP contribution in [-0.2, 0) is 4.79 Å². The first-order chi connectivity index (χ1) is 10.0. The van der Waals surface area contributed by atoms with Gasteiger partial charge in [-0.3, -0.25) is 9.69 Å². The van der Waals surface area contributed by atoms with Gasteiger partial charge in [-0.15, -0.1) is 0 Å². The molecule has 1 saturated carbocycles. The normalized spacial score (nSPS) is 13.8. The average Bonchev–Trinajstić information content (AvgIpc) is 3.22. The van der Waals surface area contributed by atoms with Crippen LogP contribution in [0.25, 0.3) is 0 Å². The minimum Gasteiger partial charge on any atom is -0.508 e. The smallest absolute Gasteiger partial charge is 0.325 e. The highest BCUT2D eigenvalue weighted by Gasteiger charge is 2.30. The molecule has 21 heavy (non-hydrogen) atoms. The van der Waals surface area contributed by atoms with E-state index in [4.69, 9.17) is 5.11 Å². The number of urea groups is 1. The number of carbonyl (C=O) groups is 2. The van der Waals surface area contributed by atoms with Gasteiger partial charge in [0.05, 0.1) is 0 Å². The van der Waals surface area contributed by atoms with Crippen molar-refractivity contribution in [1.82, 2.24) is 4.90 Å². The average molecular weight is 292 g/mol. The predicted octanol–water partition coefficient (Wildman–Crippen LogP) is 2.14. The van der Waals surface area contributed by atoms with Crippen molar-refractivity contribution in [2.75, 3.05) is 24.5 Å². The highest BCUT2D eigenvalue weighted by Crippen LogP contribution is 2.30. The number of rotatable bonds is 6. The Hall–Kier alpha value is -2.24. The molecule has 0 bridgehead atoms. The first-order valence-electron chi connectivity index (χ1n) is 7.08. The molecule has 0 spiro atoms. The molecule has 1 aromatic carbocycles. The van der Waals surface area contributed by atoms with E-state index in [1.54, 1.807) is 12.1 Å². The van der Waals surface area contributed by atoms with Crippen molar-refractivity contribution in [3.05, 3.63) is 24.3 Å². The summed E-state index contributed by atoms with van der Waals surface area (Å²) < 4.78 is 0. The van der Waals surface area contributed by atoms with E-state index in [0.717, 1.165) is 12.8 Å². The Balaban J connectivity index is 2.17. The van der Waals surface area contributed by atoms with Gasteiger partial charge in [0, 0.05) is 24.8 Å². The third-order valence-corrected chi connectivity index (χ3v) is 3.46. The first kappa shape index (κ1) is 15.2. The Morgan fingerprint density at radius 1 is 1.33 bits per heavy atom. The Labute approximate surface area is 123 Å². The number of anilines is 1. The maximum absolute atomic E-state index is 12.6. The fourth-order valence-electron chi connectivity index (χ4n) is 2.25. The molecule has 114 valence electrons. The van der Waals surface area contributed by atoms with Crippen molar-refractivity contribution in [1.29, 1.82) is 0 Å². The summed E-state index contributed by atoms with van der Waals surface area (Å²) in [6.07, 6.45) is 2.09. The number of aliphatic carboxylic acids is 1. The Morgan fingerprint density at radius 3 is 2.57 bits per heavy atom. The van der Waals surface area contributed by atoms with Gasteiger partial charge >= 0.3 is 12.0 Å². The molecule has 1 fully saturated rings. The number of phenolic OH excluding ortho intramolecular Hbond substituents is 1. The number of carbonyl (C=O) groups excluding carboxylic acids is 1. The largest absolute Gasteiger partial charge is 0.508 e. The van der Waals surface area contributed by atoms with Crippen LogP contribution >= 0.6 is 0 Å². The number of aromatic hydroxyl groups is 1. The van der Waals surface area contributed by atoms with Crippen LogP contribution in [0.15, 0.2) is 24.3 Å². The van der Waals surface area contributed by atoms with E-state index in [0.29, 0.717) is 24.7 Å². The molecule has 1 aliphatic rings. The second kappa shape index (κ2) is 6.47. The topological polar surface area (TPSA) is 81.1 Å². The summed E-state index contributed by atoms with van der Waals surface area (Å²) in [5.74, 6) is -0.530. The van der Waals surface area contributed by atoms with Gasteiger partial charge in [-0.25, -0.2) is 4.79 Å². The van der Waals surface area contributed by atoms with Crippen LogP contribution in [0.1, 0.15) is 19.8 Å². The van der Waals surface area contributed by atoms with Gasteiger partial charge in [-0.2, -0.15) is 0 Å². The van der Waals surface area contributed by atoms with E-state index in [2.05, 4.69) is 0 Å². The zero-order valence-electron chi connectivity index (χ0n) is 12.0. The first-order valence-corrected chi connectivity index (χ1v) is 7.08. The minimum atomic E-state index is -1.02. The van der Waals surface area contributed by atoms with Gasteiger partial charge in [0.25, 0.3) is 0 Å². The highest BCUT2D eigenvalue weighted by molar-refractivity contribution is 5.93. The van der Waals surface area contributed by atoms with E-state index in [-0.39, 0.29) is 18.3 Å². The molecule has 0 atom stereocenters. The van der Waals surface area contributed by atoms with Crippen molar-refractivity contribution in [2.24, 2.45) is 5.92 Å². The number of hydrogen-bond acceptors (Lipinski definition) is 3. The molecule has 2 amide bonds. The molecule has 6 nitrogen and oxygen atoms in total. The molecule has 1 aromatic rings. The van der Waals surface area contributed by atoms with E-state index in [1.165, 1.54) is 21.9 Å². The molecule has 0 aromatic heterocycles. The third kappa shape index (κ3) is 4.11. The lowest BCUT2D eigenvalue weighted by Gasteiger charge is -2.29. The summed E-state index contributed by atoms with van der Waals surface area (Å²) >= 11 is 0.